The molecule has 1 aliphatic heterocycles. The number of esters is 1. The van der Waals surface area contributed by atoms with E-state index in [-0.39, 0.29) is 16.9 Å². The van der Waals surface area contributed by atoms with Crippen LogP contribution in [0.3, 0.4) is 0 Å². The van der Waals surface area contributed by atoms with Gasteiger partial charge in [0.15, 0.2) is 5.78 Å². The molecule has 0 N–H and O–H groups in total. The Morgan fingerprint density at radius 1 is 0.878 bits per heavy atom. The maximum atomic E-state index is 13.6. The van der Waals surface area contributed by atoms with Crippen molar-refractivity contribution in [1.29, 1.82) is 0 Å². The minimum atomic E-state index is -0.680. The highest BCUT2D eigenvalue weighted by atomic mass is 79.9. The van der Waals surface area contributed by atoms with Crippen LogP contribution in [0, 0.1) is 11.8 Å². The number of ketones is 1. The summed E-state index contributed by atoms with van der Waals surface area (Å²) >= 11 is 9.29. The normalized spacial score (nSPS) is 18.0. The Bertz CT molecular complexity index is 1570. The van der Waals surface area contributed by atoms with Crippen molar-refractivity contribution in [3.8, 4) is 5.75 Å². The summed E-state index contributed by atoms with van der Waals surface area (Å²) in [7, 11) is 0. The number of hydrogen-bond acceptors (Lipinski definition) is 6. The van der Waals surface area contributed by atoms with E-state index in [4.69, 9.17) is 16.3 Å². The van der Waals surface area contributed by atoms with Crippen molar-refractivity contribution in [1.82, 2.24) is 10.0 Å². The number of carbonyl (C=O) groups excluding carboxylic acids is 5. The molecule has 3 amide bonds. The Hall–Kier alpha value is -4.08. The lowest BCUT2D eigenvalue weighted by Crippen LogP contribution is -2.52. The van der Waals surface area contributed by atoms with Crippen LogP contribution in [0.5, 0.6) is 5.75 Å². The van der Waals surface area contributed by atoms with E-state index in [1.54, 1.807) is 24.3 Å². The Morgan fingerprint density at radius 2 is 1.46 bits per heavy atom. The Labute approximate surface area is 249 Å². The first-order valence-electron chi connectivity index (χ1n) is 12.8. The van der Waals surface area contributed by atoms with Gasteiger partial charge in [-0.2, -0.15) is 5.01 Å². The summed E-state index contributed by atoms with van der Waals surface area (Å²) in [6.07, 6.45) is 2.75. The van der Waals surface area contributed by atoms with Crippen molar-refractivity contribution in [3.05, 3.63) is 111 Å². The van der Waals surface area contributed by atoms with E-state index in [9.17, 15) is 24.0 Å². The molecule has 0 spiro atoms. The fourth-order valence-corrected chi connectivity index (χ4v) is 5.31. The molecular formula is C31H24BrClN2O6. The van der Waals surface area contributed by atoms with Crippen molar-refractivity contribution < 1.29 is 28.7 Å². The van der Waals surface area contributed by atoms with Gasteiger partial charge in [-0.25, -0.2) is 9.80 Å². The first-order valence-corrected chi connectivity index (χ1v) is 14.0. The number of rotatable bonds is 7. The number of amides is 3. The van der Waals surface area contributed by atoms with Crippen LogP contribution in [0.4, 0.5) is 0 Å². The number of benzene rings is 3. The van der Waals surface area contributed by atoms with Gasteiger partial charge in [0.05, 0.1) is 17.4 Å². The molecule has 5 rings (SSSR count). The van der Waals surface area contributed by atoms with Crippen molar-refractivity contribution in [2.45, 2.75) is 19.8 Å². The fourth-order valence-electron chi connectivity index (χ4n) is 4.92. The van der Waals surface area contributed by atoms with E-state index in [0.29, 0.717) is 23.4 Å². The van der Waals surface area contributed by atoms with Gasteiger partial charge in [-0.15, -0.1) is 0 Å². The van der Waals surface area contributed by atoms with Crippen LogP contribution in [-0.2, 0) is 9.59 Å². The molecule has 8 nitrogen and oxygen atoms in total. The lowest BCUT2D eigenvalue weighted by Gasteiger charge is -2.30. The summed E-state index contributed by atoms with van der Waals surface area (Å²) in [6.45, 7) is 1.35. The lowest BCUT2D eigenvalue weighted by atomic mass is 9.82. The number of ether oxygens (including phenoxy) is 1. The molecule has 208 valence electrons. The Balaban J connectivity index is 1.37. The van der Waals surface area contributed by atoms with Gasteiger partial charge in [0.1, 0.15) is 12.3 Å². The van der Waals surface area contributed by atoms with E-state index < -0.39 is 47.9 Å². The minimum absolute atomic E-state index is 0.169. The third-order valence-electron chi connectivity index (χ3n) is 7.13. The summed E-state index contributed by atoms with van der Waals surface area (Å²) in [5, 5.41) is 2.17. The summed E-state index contributed by atoms with van der Waals surface area (Å²) in [5.41, 5.74) is 1.73. The monoisotopic (exact) mass is 634 g/mol. The topological polar surface area (TPSA) is 101 Å². The van der Waals surface area contributed by atoms with Crippen molar-refractivity contribution in [2.24, 2.45) is 11.8 Å². The molecule has 0 unspecified atom stereocenters. The van der Waals surface area contributed by atoms with Crippen LogP contribution in [0.1, 0.15) is 50.8 Å². The average molecular weight is 636 g/mol. The fraction of sp³-hybridized carbons (Fsp3) is 0.194. The van der Waals surface area contributed by atoms with Gasteiger partial charge in [0.2, 0.25) is 0 Å². The molecular weight excluding hydrogens is 612 g/mol. The standard InChI is InChI=1S/C31H24BrClN2O6/c1-18-2-15-25-26(16-18)30(39)35(29(25)38)34(28(37)20-5-11-23(33)12-6-20)17-27(36)19-7-13-24(14-8-19)41-31(40)21-3-9-22(32)10-4-21/h2-14,25-26H,15-17H2,1H3/t25-,26-/m1/s1. The van der Waals surface area contributed by atoms with Gasteiger partial charge in [0.25, 0.3) is 17.7 Å². The van der Waals surface area contributed by atoms with Crippen LogP contribution in [0.2, 0.25) is 5.02 Å². The van der Waals surface area contributed by atoms with Gasteiger partial charge < -0.3 is 4.74 Å². The van der Waals surface area contributed by atoms with E-state index in [2.05, 4.69) is 15.9 Å². The number of halogens is 2. The van der Waals surface area contributed by atoms with Gasteiger partial charge in [-0.05, 0) is 92.6 Å². The predicted octanol–water partition coefficient (Wildman–Crippen LogP) is 5.90. The SMILES string of the molecule is CC1=CC[C@H]2C(=O)N(N(CC(=O)c3ccc(OC(=O)c4ccc(Br)cc4)cc3)C(=O)c3ccc(Cl)cc3)C(=O)[C@@H]2C1. The number of hydrazine groups is 1. The molecule has 1 fully saturated rings. The maximum absolute atomic E-state index is 13.6. The summed E-state index contributed by atoms with van der Waals surface area (Å²) in [4.78, 5) is 66.2. The largest absolute Gasteiger partial charge is 0.423 e. The quantitative estimate of drug-likeness (QED) is 0.105. The van der Waals surface area contributed by atoms with Crippen LogP contribution in [0.15, 0.2) is 88.9 Å². The first kappa shape index (κ1) is 28.4. The van der Waals surface area contributed by atoms with E-state index >= 15 is 0 Å². The van der Waals surface area contributed by atoms with Gasteiger partial charge in [-0.3, -0.25) is 19.2 Å². The highest BCUT2D eigenvalue weighted by Gasteiger charge is 2.51. The molecule has 1 aliphatic carbocycles. The smallest absolute Gasteiger partial charge is 0.343 e. The van der Waals surface area contributed by atoms with E-state index in [1.165, 1.54) is 48.5 Å². The number of carbonyl (C=O) groups is 5. The lowest BCUT2D eigenvalue weighted by molar-refractivity contribution is -0.154. The highest BCUT2D eigenvalue weighted by molar-refractivity contribution is 9.10. The molecule has 2 atom stereocenters. The van der Waals surface area contributed by atoms with Crippen LogP contribution in [-0.4, -0.2) is 46.0 Å². The molecule has 1 saturated heterocycles. The highest BCUT2D eigenvalue weighted by Crippen LogP contribution is 2.38. The zero-order valence-corrected chi connectivity index (χ0v) is 24.2. The number of fused-ring (bicyclic) bond motifs is 1. The van der Waals surface area contributed by atoms with Gasteiger partial charge in [0, 0.05) is 20.6 Å². The maximum Gasteiger partial charge on any atom is 0.343 e. The first-order chi connectivity index (χ1) is 19.6. The molecule has 3 aromatic rings. The molecule has 2 aliphatic rings. The average Bonchev–Trinajstić information content (AvgIpc) is 3.20. The second-order valence-electron chi connectivity index (χ2n) is 9.91. The Morgan fingerprint density at radius 3 is 2.12 bits per heavy atom. The molecule has 1 heterocycles. The number of Topliss-reactive ketones (excluding diaryl/α,β-unsaturated/α-hetero) is 1. The zero-order valence-electron chi connectivity index (χ0n) is 21.9. The van der Waals surface area contributed by atoms with Crippen LogP contribution < -0.4 is 4.74 Å². The van der Waals surface area contributed by atoms with Crippen molar-refractivity contribution in [2.75, 3.05) is 6.54 Å². The number of hydrogen-bond donors (Lipinski definition) is 0. The van der Waals surface area contributed by atoms with Gasteiger partial charge in [-0.1, -0.05) is 39.2 Å². The van der Waals surface area contributed by atoms with Crippen molar-refractivity contribution >= 4 is 57.0 Å². The summed E-state index contributed by atoms with van der Waals surface area (Å²) in [5.74, 6) is -3.70. The third kappa shape index (κ3) is 6.01. The Kier molecular flexibility index (Phi) is 8.19. The molecule has 3 aromatic carbocycles. The van der Waals surface area contributed by atoms with Crippen LogP contribution in [0.25, 0.3) is 0 Å². The molecule has 0 saturated carbocycles. The number of nitrogens with zero attached hydrogens (tertiary/aromatic N) is 2. The molecule has 0 bridgehead atoms. The molecule has 0 aromatic heterocycles. The van der Waals surface area contributed by atoms with Crippen LogP contribution >= 0.6 is 27.5 Å². The number of allylic oxidation sites excluding steroid dienone is 2. The number of imide groups is 1. The zero-order chi connectivity index (χ0) is 29.3. The van der Waals surface area contributed by atoms with Gasteiger partial charge >= 0.3 is 5.97 Å². The molecule has 41 heavy (non-hydrogen) atoms. The summed E-state index contributed by atoms with van der Waals surface area (Å²) in [6, 6.07) is 18.5. The van der Waals surface area contributed by atoms with E-state index in [0.717, 1.165) is 20.1 Å². The second kappa shape index (κ2) is 11.8. The second-order valence-corrected chi connectivity index (χ2v) is 11.3. The summed E-state index contributed by atoms with van der Waals surface area (Å²) < 4.78 is 6.21. The van der Waals surface area contributed by atoms with Crippen molar-refractivity contribution in [3.63, 3.8) is 0 Å². The predicted molar refractivity (Wildman–Crippen MR) is 154 cm³/mol. The third-order valence-corrected chi connectivity index (χ3v) is 7.91. The molecule has 10 heteroatoms. The minimum Gasteiger partial charge on any atom is -0.423 e. The van der Waals surface area contributed by atoms with E-state index in [1.807, 2.05) is 13.0 Å². The molecule has 0 radical (unpaired) electrons.